The topological polar surface area (TPSA) is 137 Å². The van der Waals surface area contributed by atoms with Crippen LogP contribution < -0.4 is 21.3 Å². The number of nitrogens with zero attached hydrogens (tertiary/aromatic N) is 4. The molecule has 10 heteroatoms. The first-order valence-corrected chi connectivity index (χ1v) is 11.9. The molecule has 2 aliphatic rings. The Morgan fingerprint density at radius 2 is 1.86 bits per heavy atom. The molecule has 0 spiro atoms. The Labute approximate surface area is 203 Å². The van der Waals surface area contributed by atoms with E-state index in [2.05, 4.69) is 25.5 Å². The molecule has 0 bridgehead atoms. The number of hydrogen-bond acceptors (Lipinski definition) is 7. The quantitative estimate of drug-likeness (QED) is 0.529. The van der Waals surface area contributed by atoms with Crippen molar-refractivity contribution in [3.05, 3.63) is 41.7 Å². The van der Waals surface area contributed by atoms with E-state index in [9.17, 15) is 14.0 Å². The molecule has 2 aromatic rings. The summed E-state index contributed by atoms with van der Waals surface area (Å²) in [6, 6.07) is 7.00. The zero-order chi connectivity index (χ0) is 25.1. The van der Waals surface area contributed by atoms with E-state index >= 15 is 0 Å². The number of carbonyl (C=O) groups excluding carboxylic acids is 2. The van der Waals surface area contributed by atoms with Gasteiger partial charge in [0.25, 0.3) is 5.91 Å². The fourth-order valence-corrected chi connectivity index (χ4v) is 4.71. The van der Waals surface area contributed by atoms with Crippen LogP contribution in [0.15, 0.2) is 30.6 Å². The summed E-state index contributed by atoms with van der Waals surface area (Å²) in [4.78, 5) is 35.5. The minimum Gasteiger partial charge on any atom is -0.365 e. The molecule has 2 saturated carbocycles. The molecule has 0 radical (unpaired) electrons. The molecule has 0 unspecified atom stereocenters. The van der Waals surface area contributed by atoms with Crippen LogP contribution in [0.25, 0.3) is 0 Å². The van der Waals surface area contributed by atoms with Gasteiger partial charge in [-0.3, -0.25) is 9.59 Å². The Morgan fingerprint density at radius 1 is 1.17 bits per heavy atom. The van der Waals surface area contributed by atoms with Crippen LogP contribution in [0, 0.1) is 17.2 Å². The maximum atomic E-state index is 13.2. The number of primary amides is 1. The predicted octanol–water partition coefficient (Wildman–Crippen LogP) is 3.19. The largest absolute Gasteiger partial charge is 0.365 e. The van der Waals surface area contributed by atoms with Gasteiger partial charge in [-0.05, 0) is 51.7 Å². The molecule has 2 amide bonds. The summed E-state index contributed by atoms with van der Waals surface area (Å²) >= 11 is 0. The standard InChI is InChI=1S/C25H30FN7O2/c1-14(2)33(17-6-4-16(5-7-17)25(35)31-20-9-19(20)26)21-10-23(30-13-18(21)24(28)34)32-22-8-3-15(11-27)12-29-22/h3,8,10,12-14,16-17,19-20H,4-7,9H2,1-2H3,(H2,28,34)(H,31,35)(H,29,30,32)/t16?,17?,19-,20+/m1/s1. The van der Waals surface area contributed by atoms with Gasteiger partial charge >= 0.3 is 0 Å². The zero-order valence-electron chi connectivity index (χ0n) is 19.9. The maximum absolute atomic E-state index is 13.2. The Kier molecular flexibility index (Phi) is 7.15. The Hall–Kier alpha value is -3.74. The highest BCUT2D eigenvalue weighted by Crippen LogP contribution is 2.35. The highest BCUT2D eigenvalue weighted by Gasteiger charge is 2.40. The fourth-order valence-electron chi connectivity index (χ4n) is 4.71. The number of hydrogen-bond donors (Lipinski definition) is 3. The monoisotopic (exact) mass is 479 g/mol. The van der Waals surface area contributed by atoms with Crippen LogP contribution in [0.1, 0.15) is 61.9 Å². The molecule has 0 aromatic carbocycles. The third-order valence-electron chi connectivity index (χ3n) is 6.63. The first-order valence-electron chi connectivity index (χ1n) is 11.9. The average Bonchev–Trinajstić information content (AvgIpc) is 3.53. The van der Waals surface area contributed by atoms with Gasteiger partial charge in [0.1, 0.15) is 23.9 Å². The lowest BCUT2D eigenvalue weighted by Gasteiger charge is -2.41. The number of aromatic nitrogens is 2. The first-order chi connectivity index (χ1) is 16.8. The summed E-state index contributed by atoms with van der Waals surface area (Å²) in [6.45, 7) is 4.10. The Balaban J connectivity index is 1.52. The van der Waals surface area contributed by atoms with E-state index in [1.165, 1.54) is 12.4 Å². The van der Waals surface area contributed by atoms with Crippen LogP contribution in [0.5, 0.6) is 0 Å². The van der Waals surface area contributed by atoms with Crippen LogP contribution in [0.4, 0.5) is 21.7 Å². The molecule has 4 rings (SSSR count). The van der Waals surface area contributed by atoms with Crippen molar-refractivity contribution in [3.8, 4) is 6.07 Å². The summed E-state index contributed by atoms with van der Waals surface area (Å²) in [5.41, 5.74) is 7.13. The van der Waals surface area contributed by atoms with Gasteiger partial charge in [0.05, 0.1) is 22.9 Å². The molecule has 0 saturated heterocycles. The van der Waals surface area contributed by atoms with Crippen molar-refractivity contribution >= 4 is 29.1 Å². The number of rotatable bonds is 8. The molecule has 2 aliphatic carbocycles. The normalized spacial score (nSPS) is 23.3. The minimum atomic E-state index is -0.909. The van der Waals surface area contributed by atoms with E-state index < -0.39 is 12.1 Å². The van der Waals surface area contributed by atoms with Crippen molar-refractivity contribution in [2.75, 3.05) is 10.2 Å². The van der Waals surface area contributed by atoms with Gasteiger partial charge in [0, 0.05) is 42.9 Å². The third kappa shape index (κ3) is 5.67. The number of nitrogens with one attached hydrogen (secondary N) is 2. The lowest BCUT2D eigenvalue weighted by atomic mass is 9.84. The van der Waals surface area contributed by atoms with Gasteiger partial charge < -0.3 is 21.3 Å². The van der Waals surface area contributed by atoms with Crippen LogP contribution in [-0.2, 0) is 4.79 Å². The van der Waals surface area contributed by atoms with Crippen LogP contribution in [0.3, 0.4) is 0 Å². The van der Waals surface area contributed by atoms with Crippen LogP contribution >= 0.6 is 0 Å². The number of nitrogens with two attached hydrogens (primary N) is 1. The first kappa shape index (κ1) is 24.4. The van der Waals surface area contributed by atoms with Crippen molar-refractivity contribution in [2.24, 2.45) is 11.7 Å². The van der Waals surface area contributed by atoms with Crippen molar-refractivity contribution < 1.29 is 14.0 Å². The Morgan fingerprint density at radius 3 is 2.40 bits per heavy atom. The van der Waals surface area contributed by atoms with Gasteiger partial charge in [-0.2, -0.15) is 5.26 Å². The smallest absolute Gasteiger partial charge is 0.252 e. The van der Waals surface area contributed by atoms with Gasteiger partial charge in [0.15, 0.2) is 0 Å². The van der Waals surface area contributed by atoms with E-state index in [4.69, 9.17) is 11.0 Å². The molecular formula is C25H30FN7O2. The molecule has 184 valence electrons. The summed E-state index contributed by atoms with van der Waals surface area (Å²) in [5.74, 6) is 0.252. The van der Waals surface area contributed by atoms with Crippen LogP contribution in [0.2, 0.25) is 0 Å². The maximum Gasteiger partial charge on any atom is 0.252 e. The molecule has 2 atom stereocenters. The molecular weight excluding hydrogens is 449 g/mol. The summed E-state index contributed by atoms with van der Waals surface area (Å²) in [7, 11) is 0. The number of carbonyl (C=O) groups is 2. The highest BCUT2D eigenvalue weighted by molar-refractivity contribution is 5.99. The number of alkyl halides is 1. The second-order valence-corrected chi connectivity index (χ2v) is 9.49. The van der Waals surface area contributed by atoms with Crippen molar-refractivity contribution in [3.63, 3.8) is 0 Å². The van der Waals surface area contributed by atoms with Gasteiger partial charge in [0.2, 0.25) is 5.91 Å². The van der Waals surface area contributed by atoms with Crippen molar-refractivity contribution in [2.45, 2.75) is 70.2 Å². The summed E-state index contributed by atoms with van der Waals surface area (Å²) < 4.78 is 13.2. The SMILES string of the molecule is CC(C)N(c1cc(Nc2ccc(C#N)cn2)ncc1C(N)=O)C1CCC(C(=O)N[C@H]2C[C@H]2F)CC1. The van der Waals surface area contributed by atoms with E-state index in [1.54, 1.807) is 18.2 Å². The van der Waals surface area contributed by atoms with Crippen LogP contribution in [-0.4, -0.2) is 46.1 Å². The molecule has 4 N–H and O–H groups in total. The lowest BCUT2D eigenvalue weighted by Crippen LogP contribution is -2.45. The zero-order valence-corrected chi connectivity index (χ0v) is 19.9. The van der Waals surface area contributed by atoms with Crippen molar-refractivity contribution in [1.82, 2.24) is 15.3 Å². The predicted molar refractivity (Wildman–Crippen MR) is 130 cm³/mol. The van der Waals surface area contributed by atoms with E-state index in [0.29, 0.717) is 47.7 Å². The average molecular weight is 480 g/mol. The minimum absolute atomic E-state index is 0.0607. The number of nitriles is 1. The molecule has 35 heavy (non-hydrogen) atoms. The van der Waals surface area contributed by atoms with Gasteiger partial charge in [-0.25, -0.2) is 14.4 Å². The molecule has 9 nitrogen and oxygen atoms in total. The summed E-state index contributed by atoms with van der Waals surface area (Å²) in [5, 5.41) is 14.9. The number of amides is 2. The third-order valence-corrected chi connectivity index (χ3v) is 6.63. The van der Waals surface area contributed by atoms with E-state index in [1.807, 2.05) is 19.9 Å². The summed E-state index contributed by atoms with van der Waals surface area (Å²) in [6.07, 6.45) is 5.35. The number of pyridine rings is 2. The number of anilines is 3. The van der Waals surface area contributed by atoms with Crippen molar-refractivity contribution in [1.29, 1.82) is 5.26 Å². The highest BCUT2D eigenvalue weighted by atomic mass is 19.1. The second kappa shape index (κ2) is 10.3. The molecule has 2 fully saturated rings. The molecule has 2 heterocycles. The Bertz CT molecular complexity index is 1120. The fraction of sp³-hybridized carbons (Fsp3) is 0.480. The van der Waals surface area contributed by atoms with E-state index in [-0.39, 0.29) is 30.0 Å². The second-order valence-electron chi connectivity index (χ2n) is 9.49. The molecule has 0 aliphatic heterocycles. The molecule has 2 aromatic heterocycles. The lowest BCUT2D eigenvalue weighted by molar-refractivity contribution is -0.126. The number of halogens is 1. The van der Waals surface area contributed by atoms with E-state index in [0.717, 1.165) is 12.8 Å². The van der Waals surface area contributed by atoms with Gasteiger partial charge in [-0.15, -0.1) is 0 Å². The van der Waals surface area contributed by atoms with Gasteiger partial charge in [-0.1, -0.05) is 0 Å².